The third-order valence-corrected chi connectivity index (χ3v) is 5.83. The molecular weight excluding hydrogens is 436 g/mol. The Bertz CT molecular complexity index is 1290. The molecule has 0 bridgehead atoms. The van der Waals surface area contributed by atoms with Gasteiger partial charge in [-0.3, -0.25) is 9.98 Å². The van der Waals surface area contributed by atoms with Crippen molar-refractivity contribution in [1.29, 1.82) is 0 Å². The van der Waals surface area contributed by atoms with Gasteiger partial charge in [-0.25, -0.2) is 10.9 Å². The standard InChI is InChI=1S/C24H25ClN8/c25-16-7-8-19-20(13-16)22(15-31-33-24-28-11-4-12-29-24)18-6-2-1-5-17(18)21(19)14-30-32-23-26-9-3-10-27-23/h1-2,5-8,13-15H,3-4,9-12H2,(H2,26,27,32)(H2,28,29,33)/b30-14+,31-15+. The number of nitrogens with zero attached hydrogens (tertiary/aromatic N) is 4. The van der Waals surface area contributed by atoms with Gasteiger partial charge in [0.05, 0.1) is 12.4 Å². The van der Waals surface area contributed by atoms with E-state index >= 15 is 0 Å². The molecule has 0 fully saturated rings. The quantitative estimate of drug-likeness (QED) is 0.273. The molecule has 2 heterocycles. The van der Waals surface area contributed by atoms with E-state index in [1.807, 2.05) is 42.8 Å². The summed E-state index contributed by atoms with van der Waals surface area (Å²) in [5.41, 5.74) is 8.03. The van der Waals surface area contributed by atoms with Crippen LogP contribution in [-0.4, -0.2) is 50.5 Å². The lowest BCUT2D eigenvalue weighted by molar-refractivity contribution is 0.712. The van der Waals surface area contributed by atoms with Crippen LogP contribution in [-0.2, 0) is 0 Å². The van der Waals surface area contributed by atoms with Crippen LogP contribution in [0.15, 0.2) is 62.7 Å². The summed E-state index contributed by atoms with van der Waals surface area (Å²) in [4.78, 5) is 8.81. The minimum atomic E-state index is 0.667. The highest BCUT2D eigenvalue weighted by Crippen LogP contribution is 2.33. The smallest absolute Gasteiger partial charge is 0.212 e. The maximum atomic E-state index is 6.40. The number of nitrogens with one attached hydrogen (secondary N) is 4. The van der Waals surface area contributed by atoms with Crippen LogP contribution in [0.3, 0.4) is 0 Å². The lowest BCUT2D eigenvalue weighted by Gasteiger charge is -2.15. The summed E-state index contributed by atoms with van der Waals surface area (Å²) in [6, 6.07) is 14.1. The van der Waals surface area contributed by atoms with E-state index in [2.05, 4.69) is 53.8 Å². The van der Waals surface area contributed by atoms with Gasteiger partial charge in [-0.05, 0) is 46.5 Å². The van der Waals surface area contributed by atoms with Crippen LogP contribution in [0.2, 0.25) is 5.02 Å². The van der Waals surface area contributed by atoms with Crippen LogP contribution >= 0.6 is 11.6 Å². The molecule has 3 aromatic carbocycles. The van der Waals surface area contributed by atoms with Crippen molar-refractivity contribution in [3.05, 3.63) is 58.6 Å². The van der Waals surface area contributed by atoms with E-state index < -0.39 is 0 Å². The topological polar surface area (TPSA) is 97.6 Å². The summed E-state index contributed by atoms with van der Waals surface area (Å²) >= 11 is 6.40. The summed E-state index contributed by atoms with van der Waals surface area (Å²) in [7, 11) is 0. The maximum absolute atomic E-state index is 6.40. The number of benzene rings is 3. The molecule has 168 valence electrons. The zero-order valence-corrected chi connectivity index (χ0v) is 18.9. The molecule has 3 aromatic rings. The molecule has 0 spiro atoms. The molecule has 2 aliphatic heterocycles. The van der Waals surface area contributed by atoms with E-state index in [4.69, 9.17) is 11.6 Å². The average Bonchev–Trinajstić information content (AvgIpc) is 2.86. The number of aliphatic imine (C=N–C) groups is 2. The molecule has 0 unspecified atom stereocenters. The van der Waals surface area contributed by atoms with E-state index in [1.54, 1.807) is 0 Å². The summed E-state index contributed by atoms with van der Waals surface area (Å²) < 4.78 is 0. The first-order chi connectivity index (χ1) is 16.3. The van der Waals surface area contributed by atoms with Gasteiger partial charge in [-0.15, -0.1) is 0 Å². The van der Waals surface area contributed by atoms with Crippen LogP contribution < -0.4 is 21.5 Å². The molecule has 9 heteroatoms. The van der Waals surface area contributed by atoms with E-state index in [0.29, 0.717) is 16.9 Å². The SMILES string of the molecule is Clc1ccc2c(/C=N/NC3=NCCCN3)c3ccccc3c(/C=N/NC3=NCCCN3)c2c1. The Hall–Kier alpha value is -3.65. The molecule has 4 N–H and O–H groups in total. The zero-order valence-electron chi connectivity index (χ0n) is 18.1. The van der Waals surface area contributed by atoms with Crippen molar-refractivity contribution in [2.75, 3.05) is 26.2 Å². The number of hydrazone groups is 2. The molecule has 0 atom stereocenters. The minimum Gasteiger partial charge on any atom is -0.355 e. The normalized spacial score (nSPS) is 16.5. The number of guanidine groups is 2. The van der Waals surface area contributed by atoms with Crippen molar-refractivity contribution in [3.63, 3.8) is 0 Å². The Morgan fingerprint density at radius 3 is 1.85 bits per heavy atom. The van der Waals surface area contributed by atoms with Crippen molar-refractivity contribution in [3.8, 4) is 0 Å². The molecule has 33 heavy (non-hydrogen) atoms. The summed E-state index contributed by atoms with van der Waals surface area (Å²) in [6.45, 7) is 3.40. The van der Waals surface area contributed by atoms with Gasteiger partial charge in [0.25, 0.3) is 0 Å². The van der Waals surface area contributed by atoms with Crippen molar-refractivity contribution in [1.82, 2.24) is 21.5 Å². The second-order valence-corrected chi connectivity index (χ2v) is 8.26. The highest BCUT2D eigenvalue weighted by Gasteiger charge is 2.13. The second-order valence-electron chi connectivity index (χ2n) is 7.82. The van der Waals surface area contributed by atoms with E-state index in [9.17, 15) is 0 Å². The molecule has 0 aliphatic carbocycles. The fourth-order valence-corrected chi connectivity index (χ4v) is 4.20. The van der Waals surface area contributed by atoms with Crippen molar-refractivity contribution in [2.45, 2.75) is 12.8 Å². The van der Waals surface area contributed by atoms with Crippen LogP contribution in [0.4, 0.5) is 0 Å². The first-order valence-electron chi connectivity index (χ1n) is 11.1. The maximum Gasteiger partial charge on any atom is 0.212 e. The molecule has 0 saturated heterocycles. The number of hydrogen-bond acceptors (Lipinski definition) is 8. The van der Waals surface area contributed by atoms with Crippen LogP contribution in [0.1, 0.15) is 24.0 Å². The molecule has 0 aromatic heterocycles. The number of rotatable bonds is 4. The highest BCUT2D eigenvalue weighted by molar-refractivity contribution is 6.32. The third-order valence-electron chi connectivity index (χ3n) is 5.59. The fourth-order valence-electron chi connectivity index (χ4n) is 4.03. The van der Waals surface area contributed by atoms with Gasteiger partial charge in [0.15, 0.2) is 0 Å². The first kappa shape index (κ1) is 21.2. The van der Waals surface area contributed by atoms with Gasteiger partial charge in [0.2, 0.25) is 11.9 Å². The summed E-state index contributed by atoms with van der Waals surface area (Å²) in [5.74, 6) is 1.39. The highest BCUT2D eigenvalue weighted by atomic mass is 35.5. The summed E-state index contributed by atoms with van der Waals surface area (Å²) in [6.07, 6.45) is 5.74. The van der Waals surface area contributed by atoms with E-state index in [1.165, 1.54) is 0 Å². The van der Waals surface area contributed by atoms with E-state index in [-0.39, 0.29) is 0 Å². The van der Waals surface area contributed by atoms with Crippen LogP contribution in [0, 0.1) is 0 Å². The fraction of sp³-hybridized carbons (Fsp3) is 0.250. The molecule has 8 nitrogen and oxygen atoms in total. The number of hydrogen-bond donors (Lipinski definition) is 4. The molecule has 0 amide bonds. The van der Waals surface area contributed by atoms with Gasteiger partial charge in [-0.2, -0.15) is 10.2 Å². The van der Waals surface area contributed by atoms with E-state index in [0.717, 1.165) is 71.7 Å². The van der Waals surface area contributed by atoms with Gasteiger partial charge in [0.1, 0.15) is 0 Å². The Kier molecular flexibility index (Phi) is 6.34. The molecular formula is C24H25ClN8. The Morgan fingerprint density at radius 1 is 0.758 bits per heavy atom. The van der Waals surface area contributed by atoms with Crippen LogP contribution in [0.5, 0.6) is 0 Å². The summed E-state index contributed by atoms with van der Waals surface area (Å²) in [5, 5.41) is 20.2. The van der Waals surface area contributed by atoms with Gasteiger partial charge in [0, 0.05) is 42.3 Å². The average molecular weight is 461 g/mol. The predicted molar refractivity (Wildman–Crippen MR) is 138 cm³/mol. The number of halogens is 1. The molecule has 0 radical (unpaired) electrons. The third kappa shape index (κ3) is 4.75. The molecule has 0 saturated carbocycles. The van der Waals surface area contributed by atoms with Crippen molar-refractivity contribution in [2.24, 2.45) is 20.2 Å². The first-order valence-corrected chi connectivity index (χ1v) is 11.5. The lowest BCUT2D eigenvalue weighted by atomic mass is 9.92. The largest absolute Gasteiger partial charge is 0.355 e. The number of fused-ring (bicyclic) bond motifs is 2. The Labute approximate surface area is 196 Å². The second kappa shape index (κ2) is 9.87. The lowest BCUT2D eigenvalue weighted by Crippen LogP contribution is -2.38. The van der Waals surface area contributed by atoms with Crippen molar-refractivity contribution >= 4 is 57.5 Å². The molecule has 5 rings (SSSR count). The Balaban J connectivity index is 1.57. The van der Waals surface area contributed by atoms with Gasteiger partial charge >= 0.3 is 0 Å². The monoisotopic (exact) mass is 460 g/mol. The van der Waals surface area contributed by atoms with Gasteiger partial charge in [-0.1, -0.05) is 41.9 Å². The zero-order chi connectivity index (χ0) is 22.5. The van der Waals surface area contributed by atoms with Gasteiger partial charge < -0.3 is 10.6 Å². The minimum absolute atomic E-state index is 0.667. The molecule has 2 aliphatic rings. The van der Waals surface area contributed by atoms with Crippen molar-refractivity contribution < 1.29 is 0 Å². The predicted octanol–water partition coefficient (Wildman–Crippen LogP) is 3.19. The Morgan fingerprint density at radius 2 is 1.30 bits per heavy atom. The van der Waals surface area contributed by atoms with Crippen LogP contribution in [0.25, 0.3) is 21.5 Å².